The van der Waals surface area contributed by atoms with Crippen molar-refractivity contribution in [2.45, 2.75) is 32.5 Å². The van der Waals surface area contributed by atoms with E-state index in [1.165, 1.54) is 12.1 Å². The van der Waals surface area contributed by atoms with Gasteiger partial charge in [0.15, 0.2) is 5.82 Å². The van der Waals surface area contributed by atoms with Crippen molar-refractivity contribution >= 4 is 16.9 Å². The smallest absolute Gasteiger partial charge is 0.150 e. The number of aryl methyl sites for hydroxylation is 1. The fraction of sp³-hybridized carbons (Fsp3) is 0.333. The molecule has 0 atom stereocenters. The quantitative estimate of drug-likeness (QED) is 0.704. The van der Waals surface area contributed by atoms with E-state index >= 15 is 0 Å². The van der Waals surface area contributed by atoms with E-state index in [9.17, 15) is 4.39 Å². The predicted octanol–water partition coefficient (Wildman–Crippen LogP) is 4.26. The van der Waals surface area contributed by atoms with Gasteiger partial charge in [-0.25, -0.2) is 14.4 Å². The van der Waals surface area contributed by atoms with Crippen molar-refractivity contribution in [3.05, 3.63) is 65.6 Å². The van der Waals surface area contributed by atoms with E-state index in [-0.39, 0.29) is 11.9 Å². The fourth-order valence-corrected chi connectivity index (χ4v) is 3.41. The Balaban J connectivity index is 1.37. The van der Waals surface area contributed by atoms with Gasteiger partial charge in [-0.1, -0.05) is 24.3 Å². The maximum absolute atomic E-state index is 13.0. The molecule has 2 aromatic carbocycles. The molecule has 3 aromatic rings. The maximum atomic E-state index is 13.0. The molecule has 0 N–H and O–H groups in total. The first-order valence-corrected chi connectivity index (χ1v) is 9.03. The lowest BCUT2D eigenvalue weighted by Gasteiger charge is -2.33. The minimum Gasteiger partial charge on any atom is -0.373 e. The van der Waals surface area contributed by atoms with Crippen molar-refractivity contribution in [2.24, 2.45) is 0 Å². The Hall–Kier alpha value is -2.53. The van der Waals surface area contributed by atoms with E-state index in [0.29, 0.717) is 6.61 Å². The van der Waals surface area contributed by atoms with E-state index in [4.69, 9.17) is 9.72 Å². The van der Waals surface area contributed by atoms with Gasteiger partial charge in [-0.2, -0.15) is 0 Å². The summed E-state index contributed by atoms with van der Waals surface area (Å²) in [7, 11) is 0. The molecule has 0 saturated carbocycles. The Labute approximate surface area is 152 Å². The van der Waals surface area contributed by atoms with Crippen molar-refractivity contribution in [1.82, 2.24) is 9.97 Å². The van der Waals surface area contributed by atoms with Gasteiger partial charge in [0.05, 0.1) is 29.4 Å². The van der Waals surface area contributed by atoms with E-state index in [2.05, 4.69) is 9.88 Å². The minimum atomic E-state index is -0.214. The molecule has 2 heterocycles. The van der Waals surface area contributed by atoms with Gasteiger partial charge >= 0.3 is 0 Å². The molecule has 1 saturated heterocycles. The highest BCUT2D eigenvalue weighted by atomic mass is 19.1. The molecule has 1 aliphatic heterocycles. The second-order valence-corrected chi connectivity index (χ2v) is 6.75. The van der Waals surface area contributed by atoms with Gasteiger partial charge in [0.2, 0.25) is 0 Å². The van der Waals surface area contributed by atoms with E-state index in [0.717, 1.165) is 54.0 Å². The first-order valence-electron chi connectivity index (χ1n) is 9.03. The van der Waals surface area contributed by atoms with Crippen LogP contribution in [0.4, 0.5) is 10.2 Å². The van der Waals surface area contributed by atoms with Crippen LogP contribution in [0.3, 0.4) is 0 Å². The van der Waals surface area contributed by atoms with Crippen LogP contribution in [0.1, 0.15) is 24.1 Å². The van der Waals surface area contributed by atoms with Crippen LogP contribution in [0.5, 0.6) is 0 Å². The molecule has 0 amide bonds. The normalized spacial score (nSPS) is 15.5. The van der Waals surface area contributed by atoms with Crippen LogP contribution in [-0.4, -0.2) is 29.2 Å². The van der Waals surface area contributed by atoms with Gasteiger partial charge in [-0.05, 0) is 49.6 Å². The number of rotatable bonds is 4. The Kier molecular flexibility index (Phi) is 4.80. The average Bonchev–Trinajstić information content (AvgIpc) is 2.67. The molecule has 0 spiro atoms. The number of anilines is 1. The number of nitrogens with zero attached hydrogens (tertiary/aromatic N) is 3. The Bertz CT molecular complexity index is 889. The highest BCUT2D eigenvalue weighted by Crippen LogP contribution is 2.24. The molecule has 0 radical (unpaired) electrons. The second kappa shape index (κ2) is 7.38. The summed E-state index contributed by atoms with van der Waals surface area (Å²) in [4.78, 5) is 11.8. The largest absolute Gasteiger partial charge is 0.373 e. The number of ether oxygens (including phenoxy) is 1. The first-order chi connectivity index (χ1) is 12.7. The number of benzene rings is 2. The predicted molar refractivity (Wildman–Crippen MR) is 101 cm³/mol. The lowest BCUT2D eigenvalue weighted by atomic mass is 10.1. The number of fused-ring (bicyclic) bond motifs is 1. The fourth-order valence-electron chi connectivity index (χ4n) is 3.41. The average molecular weight is 351 g/mol. The van der Waals surface area contributed by atoms with Crippen LogP contribution in [0.25, 0.3) is 11.0 Å². The van der Waals surface area contributed by atoms with Crippen molar-refractivity contribution in [3.63, 3.8) is 0 Å². The standard InChI is InChI=1S/C21H22FN3O/c1-15-21(24-20-5-3-2-4-19(20)23-15)25-12-10-18(11-13-25)26-14-16-6-8-17(22)9-7-16/h2-9,18H,10-14H2,1H3. The van der Waals surface area contributed by atoms with Crippen LogP contribution in [0.2, 0.25) is 0 Å². The zero-order valence-electron chi connectivity index (χ0n) is 14.9. The van der Waals surface area contributed by atoms with Crippen molar-refractivity contribution in [1.29, 1.82) is 0 Å². The highest BCUT2D eigenvalue weighted by molar-refractivity contribution is 5.76. The third kappa shape index (κ3) is 3.68. The molecular formula is C21H22FN3O. The van der Waals surface area contributed by atoms with E-state index in [1.54, 1.807) is 12.1 Å². The van der Waals surface area contributed by atoms with Gasteiger partial charge in [-0.3, -0.25) is 0 Å². The van der Waals surface area contributed by atoms with Crippen LogP contribution >= 0.6 is 0 Å². The SMILES string of the molecule is Cc1nc2ccccc2nc1N1CCC(OCc2ccc(F)cc2)CC1. The monoisotopic (exact) mass is 351 g/mol. The molecule has 4 nitrogen and oxygen atoms in total. The molecule has 1 aliphatic rings. The Morgan fingerprint density at radius 3 is 2.35 bits per heavy atom. The molecule has 134 valence electrons. The first kappa shape index (κ1) is 16.9. The van der Waals surface area contributed by atoms with Gasteiger partial charge in [0, 0.05) is 13.1 Å². The zero-order chi connectivity index (χ0) is 17.9. The summed E-state index contributed by atoms with van der Waals surface area (Å²) < 4.78 is 19.0. The summed E-state index contributed by atoms with van der Waals surface area (Å²) in [6.07, 6.45) is 2.13. The summed E-state index contributed by atoms with van der Waals surface area (Å²) in [5.41, 5.74) is 3.84. The molecule has 0 aliphatic carbocycles. The van der Waals surface area contributed by atoms with Crippen molar-refractivity contribution in [2.75, 3.05) is 18.0 Å². The number of piperidine rings is 1. The van der Waals surface area contributed by atoms with Crippen LogP contribution in [0.15, 0.2) is 48.5 Å². The lowest BCUT2D eigenvalue weighted by molar-refractivity contribution is 0.0250. The highest BCUT2D eigenvalue weighted by Gasteiger charge is 2.22. The number of hydrogen-bond donors (Lipinski definition) is 0. The van der Waals surface area contributed by atoms with Crippen LogP contribution in [-0.2, 0) is 11.3 Å². The summed E-state index contributed by atoms with van der Waals surface area (Å²) in [6.45, 7) is 4.36. The summed E-state index contributed by atoms with van der Waals surface area (Å²) in [5, 5.41) is 0. The molecule has 1 aromatic heterocycles. The lowest BCUT2D eigenvalue weighted by Crippen LogP contribution is -2.38. The molecular weight excluding hydrogens is 329 g/mol. The van der Waals surface area contributed by atoms with E-state index < -0.39 is 0 Å². The number of hydrogen-bond acceptors (Lipinski definition) is 4. The minimum absolute atomic E-state index is 0.214. The molecule has 1 fully saturated rings. The Morgan fingerprint density at radius 2 is 1.65 bits per heavy atom. The van der Waals surface area contributed by atoms with Gasteiger partial charge in [-0.15, -0.1) is 0 Å². The Morgan fingerprint density at radius 1 is 1.00 bits per heavy atom. The topological polar surface area (TPSA) is 38.2 Å². The molecule has 26 heavy (non-hydrogen) atoms. The zero-order valence-corrected chi connectivity index (χ0v) is 14.9. The van der Waals surface area contributed by atoms with Crippen LogP contribution in [0, 0.1) is 12.7 Å². The number of para-hydroxylation sites is 2. The second-order valence-electron chi connectivity index (χ2n) is 6.75. The molecule has 0 unspecified atom stereocenters. The molecule has 5 heteroatoms. The van der Waals surface area contributed by atoms with Crippen LogP contribution < -0.4 is 4.90 Å². The summed E-state index contributed by atoms with van der Waals surface area (Å²) in [6, 6.07) is 14.5. The van der Waals surface area contributed by atoms with Crippen molar-refractivity contribution in [3.8, 4) is 0 Å². The molecule has 0 bridgehead atoms. The summed E-state index contributed by atoms with van der Waals surface area (Å²) in [5.74, 6) is 0.759. The summed E-state index contributed by atoms with van der Waals surface area (Å²) >= 11 is 0. The van der Waals surface area contributed by atoms with Crippen molar-refractivity contribution < 1.29 is 9.13 Å². The molecule has 4 rings (SSSR count). The third-order valence-corrected chi connectivity index (χ3v) is 4.86. The maximum Gasteiger partial charge on any atom is 0.150 e. The number of halogens is 1. The van der Waals surface area contributed by atoms with Gasteiger partial charge < -0.3 is 9.64 Å². The number of aromatic nitrogens is 2. The van der Waals surface area contributed by atoms with E-state index in [1.807, 2.05) is 31.2 Å². The third-order valence-electron chi connectivity index (χ3n) is 4.86. The van der Waals surface area contributed by atoms with Gasteiger partial charge in [0.25, 0.3) is 0 Å². The van der Waals surface area contributed by atoms with Gasteiger partial charge in [0.1, 0.15) is 5.82 Å².